The van der Waals surface area contributed by atoms with Crippen molar-refractivity contribution in [2.75, 3.05) is 35.8 Å². The summed E-state index contributed by atoms with van der Waals surface area (Å²) in [6.45, 7) is 4.27. The average Bonchev–Trinajstić information content (AvgIpc) is 2.45. The van der Waals surface area contributed by atoms with E-state index in [0.717, 1.165) is 18.0 Å². The van der Waals surface area contributed by atoms with E-state index in [4.69, 9.17) is 0 Å². The van der Waals surface area contributed by atoms with Gasteiger partial charge in [0, 0.05) is 30.9 Å². The first-order valence-corrected chi connectivity index (χ1v) is 9.68. The third-order valence-corrected chi connectivity index (χ3v) is 5.76. The van der Waals surface area contributed by atoms with Crippen LogP contribution in [0.5, 0.6) is 0 Å². The van der Waals surface area contributed by atoms with Crippen LogP contribution in [0.3, 0.4) is 0 Å². The number of sulfone groups is 1. The van der Waals surface area contributed by atoms with Crippen LogP contribution < -0.4 is 10.2 Å². The molecule has 8 heteroatoms. The van der Waals surface area contributed by atoms with Crippen molar-refractivity contribution in [2.24, 2.45) is 0 Å². The lowest BCUT2D eigenvalue weighted by molar-refractivity contribution is 0.583. The zero-order chi connectivity index (χ0) is 14.6. The smallest absolute Gasteiger partial charge is 0.169 e. The van der Waals surface area contributed by atoms with Crippen LogP contribution in [0.25, 0.3) is 0 Å². The minimum atomic E-state index is -3.12. The number of hydrogen-bond acceptors (Lipinski definition) is 7. The van der Waals surface area contributed by atoms with Crippen LogP contribution in [0, 0.1) is 0 Å². The van der Waals surface area contributed by atoms with Crippen molar-refractivity contribution in [3.8, 4) is 0 Å². The number of anilines is 1. The Kier molecular flexibility index (Phi) is 5.22. The van der Waals surface area contributed by atoms with Gasteiger partial charge in [0.15, 0.2) is 9.84 Å². The maximum Gasteiger partial charge on any atom is 0.169 e. The summed E-state index contributed by atoms with van der Waals surface area (Å²) in [7, 11) is -3.12. The van der Waals surface area contributed by atoms with Gasteiger partial charge in [-0.1, -0.05) is 6.92 Å². The van der Waals surface area contributed by atoms with Crippen molar-refractivity contribution in [3.63, 3.8) is 0 Å². The largest absolute Gasteiger partial charge is 0.337 e. The van der Waals surface area contributed by atoms with Crippen molar-refractivity contribution < 1.29 is 8.42 Å². The Morgan fingerprint density at radius 2 is 2.25 bits per heavy atom. The zero-order valence-electron chi connectivity index (χ0n) is 11.7. The summed E-state index contributed by atoms with van der Waals surface area (Å²) < 4.78 is 23.7. The molecule has 1 aliphatic rings. The van der Waals surface area contributed by atoms with E-state index >= 15 is 0 Å². The molecule has 1 unspecified atom stereocenters. The predicted octanol–water partition coefficient (Wildman–Crippen LogP) is 0.510. The summed E-state index contributed by atoms with van der Waals surface area (Å²) >= 11 is 1.66. The van der Waals surface area contributed by atoms with E-state index in [9.17, 15) is 8.42 Å². The van der Waals surface area contributed by atoms with Crippen LogP contribution in [0.2, 0.25) is 0 Å². The maximum absolute atomic E-state index is 11.9. The van der Waals surface area contributed by atoms with Crippen molar-refractivity contribution in [2.45, 2.75) is 18.8 Å². The molecule has 112 valence electrons. The number of hydrogen-bond donors (Lipinski definition) is 1. The second kappa shape index (κ2) is 6.73. The fourth-order valence-electron chi connectivity index (χ4n) is 2.04. The highest BCUT2D eigenvalue weighted by Gasteiger charge is 2.31. The number of aromatic nitrogens is 2. The molecule has 1 N–H and O–H groups in total. The highest BCUT2D eigenvalue weighted by atomic mass is 32.2. The molecule has 1 fully saturated rings. The number of nitrogens with zero attached hydrogens (tertiary/aromatic N) is 3. The standard InChI is InChI=1S/C12H20N4O2S2/c1-3-13-6-10-7-15-11(8-14-10)16-4-5-19-9-12(16)20(2,17)18/h7-8,12-13H,3-6,9H2,1-2H3. The normalized spacial score (nSPS) is 20.1. The Morgan fingerprint density at radius 1 is 1.45 bits per heavy atom. The minimum Gasteiger partial charge on any atom is -0.337 e. The average molecular weight is 316 g/mol. The van der Waals surface area contributed by atoms with Gasteiger partial charge in [-0.2, -0.15) is 11.8 Å². The molecule has 0 amide bonds. The van der Waals surface area contributed by atoms with E-state index in [1.54, 1.807) is 24.2 Å². The molecule has 1 aromatic rings. The SMILES string of the molecule is CCNCc1cnc(N2CCSCC2S(C)(=O)=O)cn1. The molecule has 6 nitrogen and oxygen atoms in total. The lowest BCUT2D eigenvalue weighted by Gasteiger charge is -2.34. The van der Waals surface area contributed by atoms with Crippen molar-refractivity contribution in [1.82, 2.24) is 15.3 Å². The van der Waals surface area contributed by atoms with E-state index in [2.05, 4.69) is 15.3 Å². The summed E-state index contributed by atoms with van der Waals surface area (Å²) in [6, 6.07) is 0. The Morgan fingerprint density at radius 3 is 2.85 bits per heavy atom. The molecular weight excluding hydrogens is 296 g/mol. The van der Waals surface area contributed by atoms with Gasteiger partial charge in [0.25, 0.3) is 0 Å². The fraction of sp³-hybridized carbons (Fsp3) is 0.667. The van der Waals surface area contributed by atoms with Gasteiger partial charge in [-0.05, 0) is 6.54 Å². The minimum absolute atomic E-state index is 0.504. The molecule has 0 spiro atoms. The van der Waals surface area contributed by atoms with Crippen molar-refractivity contribution in [3.05, 3.63) is 18.1 Å². The molecule has 20 heavy (non-hydrogen) atoms. The molecule has 0 bridgehead atoms. The van der Waals surface area contributed by atoms with Crippen LogP contribution in [0.15, 0.2) is 12.4 Å². The summed E-state index contributed by atoms with van der Waals surface area (Å²) in [5, 5.41) is 2.68. The van der Waals surface area contributed by atoms with Crippen molar-refractivity contribution in [1.29, 1.82) is 0 Å². The lowest BCUT2D eigenvalue weighted by Crippen LogP contribution is -2.47. The topological polar surface area (TPSA) is 75.2 Å². The summed E-state index contributed by atoms with van der Waals surface area (Å²) in [5.41, 5.74) is 0.859. The van der Waals surface area contributed by atoms with Crippen LogP contribution in [-0.2, 0) is 16.4 Å². The van der Waals surface area contributed by atoms with E-state index in [0.29, 0.717) is 24.7 Å². The summed E-state index contributed by atoms with van der Waals surface area (Å²) in [5.74, 6) is 2.13. The monoisotopic (exact) mass is 316 g/mol. The molecule has 0 aliphatic carbocycles. The van der Waals surface area contributed by atoms with Crippen molar-refractivity contribution >= 4 is 27.4 Å². The van der Waals surface area contributed by atoms with E-state index in [-0.39, 0.29) is 0 Å². The van der Waals surface area contributed by atoms with E-state index < -0.39 is 15.2 Å². The number of thioether (sulfide) groups is 1. The fourth-order valence-corrected chi connectivity index (χ4v) is 4.87. The molecular formula is C12H20N4O2S2. The highest BCUT2D eigenvalue weighted by Crippen LogP contribution is 2.24. The van der Waals surface area contributed by atoms with E-state index in [1.807, 2.05) is 11.8 Å². The first-order chi connectivity index (χ1) is 9.52. The number of nitrogens with one attached hydrogen (secondary N) is 1. The summed E-state index contributed by atoms with van der Waals surface area (Å²) in [6.07, 6.45) is 4.66. The molecule has 1 aliphatic heterocycles. The molecule has 1 atom stereocenters. The summed E-state index contributed by atoms with van der Waals surface area (Å²) in [4.78, 5) is 10.6. The molecule has 0 saturated carbocycles. The second-order valence-electron chi connectivity index (χ2n) is 4.70. The Labute approximate surface area is 124 Å². The van der Waals surface area contributed by atoms with Gasteiger partial charge in [-0.25, -0.2) is 13.4 Å². The van der Waals surface area contributed by atoms with Gasteiger partial charge in [0.1, 0.15) is 11.2 Å². The Bertz CT molecular complexity index is 533. The Hall–Kier alpha value is -0.860. The zero-order valence-corrected chi connectivity index (χ0v) is 13.4. The molecule has 2 rings (SSSR count). The first kappa shape index (κ1) is 15.5. The second-order valence-corrected chi connectivity index (χ2v) is 8.05. The molecule has 2 heterocycles. The molecule has 1 aromatic heterocycles. The van der Waals surface area contributed by atoms with Gasteiger partial charge in [0.05, 0.1) is 18.1 Å². The molecule has 0 aromatic carbocycles. The van der Waals surface area contributed by atoms with Crippen LogP contribution in [-0.4, -0.2) is 54.6 Å². The van der Waals surface area contributed by atoms with Crippen LogP contribution in [0.1, 0.15) is 12.6 Å². The van der Waals surface area contributed by atoms with Gasteiger partial charge >= 0.3 is 0 Å². The van der Waals surface area contributed by atoms with Gasteiger partial charge in [-0.3, -0.25) is 4.98 Å². The van der Waals surface area contributed by atoms with Gasteiger partial charge in [0.2, 0.25) is 0 Å². The molecule has 0 radical (unpaired) electrons. The van der Waals surface area contributed by atoms with Crippen LogP contribution in [0.4, 0.5) is 5.82 Å². The van der Waals surface area contributed by atoms with Gasteiger partial charge in [-0.15, -0.1) is 0 Å². The maximum atomic E-state index is 11.9. The predicted molar refractivity (Wildman–Crippen MR) is 82.7 cm³/mol. The van der Waals surface area contributed by atoms with E-state index in [1.165, 1.54) is 6.26 Å². The molecule has 1 saturated heterocycles. The lowest BCUT2D eigenvalue weighted by atomic mass is 10.4. The first-order valence-electron chi connectivity index (χ1n) is 6.57. The van der Waals surface area contributed by atoms with Crippen LogP contribution >= 0.6 is 11.8 Å². The quantitative estimate of drug-likeness (QED) is 0.848. The highest BCUT2D eigenvalue weighted by molar-refractivity contribution is 8.01. The third kappa shape index (κ3) is 3.83. The van der Waals surface area contributed by atoms with Gasteiger partial charge < -0.3 is 10.2 Å². The number of rotatable bonds is 5. The third-order valence-electron chi connectivity index (χ3n) is 3.12. The Balaban J connectivity index is 2.16.